The number of benzene rings is 1. The van der Waals surface area contributed by atoms with Crippen LogP contribution in [0.4, 0.5) is 11.5 Å². The second kappa shape index (κ2) is 8.32. The summed E-state index contributed by atoms with van der Waals surface area (Å²) in [5.74, 6) is 1.11. The van der Waals surface area contributed by atoms with E-state index in [4.69, 9.17) is 10.3 Å². The standard InChI is InChI=1S/C21H22N6O3/c1-13-24-21(30-26-13)15-6-9-18(23-11-15)27-10-2-3-16(12-27)20(29)25-17-7-4-14(5-8-17)19(22)28/h4-9,11,16H,2-3,10,12H2,1H3,(H2,22,28)(H,25,29). The number of nitrogens with two attached hydrogens (primary N) is 1. The molecule has 1 saturated heterocycles. The third-order valence-corrected chi connectivity index (χ3v) is 5.08. The SMILES string of the molecule is Cc1noc(-c2ccc(N3CCCC(C(=O)Nc4ccc(C(N)=O)cc4)C3)nc2)n1. The van der Waals surface area contributed by atoms with E-state index in [-0.39, 0.29) is 11.8 Å². The van der Waals surface area contributed by atoms with Gasteiger partial charge in [0.15, 0.2) is 5.82 Å². The summed E-state index contributed by atoms with van der Waals surface area (Å²) in [5.41, 5.74) is 7.04. The molecule has 0 bridgehead atoms. The van der Waals surface area contributed by atoms with Crippen LogP contribution in [0, 0.1) is 12.8 Å². The van der Waals surface area contributed by atoms with Crippen LogP contribution < -0.4 is 16.0 Å². The fourth-order valence-corrected chi connectivity index (χ4v) is 3.48. The molecule has 3 aromatic rings. The summed E-state index contributed by atoms with van der Waals surface area (Å²) < 4.78 is 5.17. The van der Waals surface area contributed by atoms with E-state index < -0.39 is 5.91 Å². The van der Waals surface area contributed by atoms with E-state index in [1.807, 2.05) is 12.1 Å². The van der Waals surface area contributed by atoms with Gasteiger partial charge < -0.3 is 20.5 Å². The number of aryl methyl sites for hydroxylation is 1. The van der Waals surface area contributed by atoms with Crippen LogP contribution in [0.25, 0.3) is 11.5 Å². The highest BCUT2D eigenvalue weighted by molar-refractivity contribution is 5.95. The van der Waals surface area contributed by atoms with E-state index in [0.717, 1.165) is 30.8 Å². The zero-order valence-electron chi connectivity index (χ0n) is 16.5. The lowest BCUT2D eigenvalue weighted by Crippen LogP contribution is -2.41. The third kappa shape index (κ3) is 4.29. The molecule has 0 aliphatic carbocycles. The molecule has 1 unspecified atom stereocenters. The molecular formula is C21H22N6O3. The molecule has 1 atom stereocenters. The molecule has 3 N–H and O–H groups in total. The molecule has 4 rings (SSSR count). The zero-order chi connectivity index (χ0) is 21.1. The average Bonchev–Trinajstić information content (AvgIpc) is 3.20. The second-order valence-corrected chi connectivity index (χ2v) is 7.27. The number of rotatable bonds is 5. The maximum Gasteiger partial charge on any atom is 0.259 e. The number of carbonyl (C=O) groups is 2. The van der Waals surface area contributed by atoms with Gasteiger partial charge in [0.25, 0.3) is 5.89 Å². The molecule has 0 radical (unpaired) electrons. The highest BCUT2D eigenvalue weighted by Crippen LogP contribution is 2.25. The first-order valence-corrected chi connectivity index (χ1v) is 9.72. The molecule has 2 amide bonds. The molecule has 3 heterocycles. The minimum atomic E-state index is -0.497. The lowest BCUT2D eigenvalue weighted by molar-refractivity contribution is -0.120. The van der Waals surface area contributed by atoms with Gasteiger partial charge in [-0.3, -0.25) is 9.59 Å². The van der Waals surface area contributed by atoms with Crippen molar-refractivity contribution in [3.8, 4) is 11.5 Å². The molecule has 2 aromatic heterocycles. The lowest BCUT2D eigenvalue weighted by Gasteiger charge is -2.32. The topological polar surface area (TPSA) is 127 Å². The number of piperidine rings is 1. The maximum absolute atomic E-state index is 12.7. The summed E-state index contributed by atoms with van der Waals surface area (Å²) in [5, 5.41) is 6.71. The Bertz CT molecular complexity index is 1050. The fraction of sp³-hybridized carbons (Fsp3) is 0.286. The number of pyridine rings is 1. The van der Waals surface area contributed by atoms with Crippen molar-refractivity contribution < 1.29 is 14.1 Å². The Hall–Kier alpha value is -3.75. The number of amides is 2. The van der Waals surface area contributed by atoms with Crippen LogP contribution in [0.5, 0.6) is 0 Å². The van der Waals surface area contributed by atoms with Gasteiger partial charge in [-0.25, -0.2) is 4.98 Å². The molecule has 154 valence electrons. The third-order valence-electron chi connectivity index (χ3n) is 5.08. The number of hydrogen-bond donors (Lipinski definition) is 2. The van der Waals surface area contributed by atoms with Gasteiger partial charge in [-0.1, -0.05) is 5.16 Å². The van der Waals surface area contributed by atoms with E-state index in [1.165, 1.54) is 0 Å². The number of aromatic nitrogens is 3. The van der Waals surface area contributed by atoms with Gasteiger partial charge >= 0.3 is 0 Å². The van der Waals surface area contributed by atoms with Crippen molar-refractivity contribution in [1.29, 1.82) is 0 Å². The fourth-order valence-electron chi connectivity index (χ4n) is 3.48. The van der Waals surface area contributed by atoms with Crippen LogP contribution in [-0.2, 0) is 4.79 Å². The van der Waals surface area contributed by atoms with Crippen molar-refractivity contribution in [3.63, 3.8) is 0 Å². The summed E-state index contributed by atoms with van der Waals surface area (Å²) in [7, 11) is 0. The van der Waals surface area contributed by atoms with E-state index in [9.17, 15) is 9.59 Å². The van der Waals surface area contributed by atoms with Crippen LogP contribution in [0.2, 0.25) is 0 Å². The number of nitrogens with one attached hydrogen (secondary N) is 1. The van der Waals surface area contributed by atoms with Crippen molar-refractivity contribution in [2.24, 2.45) is 11.7 Å². The zero-order valence-corrected chi connectivity index (χ0v) is 16.5. The molecular weight excluding hydrogens is 384 g/mol. The Morgan fingerprint density at radius 1 is 1.20 bits per heavy atom. The number of anilines is 2. The van der Waals surface area contributed by atoms with E-state index in [0.29, 0.717) is 29.5 Å². The van der Waals surface area contributed by atoms with Crippen LogP contribution in [-0.4, -0.2) is 40.0 Å². The van der Waals surface area contributed by atoms with Crippen molar-refractivity contribution in [2.75, 3.05) is 23.3 Å². The Morgan fingerprint density at radius 2 is 2.00 bits per heavy atom. The van der Waals surface area contributed by atoms with E-state index in [2.05, 4.69) is 25.3 Å². The van der Waals surface area contributed by atoms with Crippen LogP contribution in [0.15, 0.2) is 47.1 Å². The Labute approximate surface area is 173 Å². The van der Waals surface area contributed by atoms with Crippen LogP contribution in [0.3, 0.4) is 0 Å². The molecule has 0 spiro atoms. The lowest BCUT2D eigenvalue weighted by atomic mass is 9.97. The Morgan fingerprint density at radius 3 is 2.63 bits per heavy atom. The number of nitrogens with zero attached hydrogens (tertiary/aromatic N) is 4. The van der Waals surface area contributed by atoms with Crippen molar-refractivity contribution >= 4 is 23.3 Å². The smallest absolute Gasteiger partial charge is 0.259 e. The first kappa shape index (κ1) is 19.6. The van der Waals surface area contributed by atoms with Crippen molar-refractivity contribution in [3.05, 3.63) is 54.0 Å². The first-order valence-electron chi connectivity index (χ1n) is 9.72. The molecule has 9 nitrogen and oxygen atoms in total. The first-order chi connectivity index (χ1) is 14.5. The minimum absolute atomic E-state index is 0.0514. The Kier molecular flexibility index (Phi) is 5.42. The number of hydrogen-bond acceptors (Lipinski definition) is 7. The van der Waals surface area contributed by atoms with Gasteiger partial charge in [0.2, 0.25) is 11.8 Å². The molecule has 1 aliphatic heterocycles. The minimum Gasteiger partial charge on any atom is -0.366 e. The molecule has 30 heavy (non-hydrogen) atoms. The van der Waals surface area contributed by atoms with Gasteiger partial charge in [-0.15, -0.1) is 0 Å². The normalized spacial score (nSPS) is 16.3. The maximum atomic E-state index is 12.7. The van der Waals surface area contributed by atoms with Crippen LogP contribution in [0.1, 0.15) is 29.0 Å². The van der Waals surface area contributed by atoms with Gasteiger partial charge in [0, 0.05) is 30.5 Å². The Balaban J connectivity index is 1.40. The van der Waals surface area contributed by atoms with Gasteiger partial charge in [0.05, 0.1) is 11.5 Å². The van der Waals surface area contributed by atoms with E-state index >= 15 is 0 Å². The van der Waals surface area contributed by atoms with E-state index in [1.54, 1.807) is 37.4 Å². The van der Waals surface area contributed by atoms with Crippen molar-refractivity contribution in [1.82, 2.24) is 15.1 Å². The summed E-state index contributed by atoms with van der Waals surface area (Å²) in [6.45, 7) is 3.18. The molecule has 9 heteroatoms. The summed E-state index contributed by atoms with van der Waals surface area (Å²) in [4.78, 5) is 34.7. The molecule has 1 aromatic carbocycles. The highest BCUT2D eigenvalue weighted by atomic mass is 16.5. The largest absolute Gasteiger partial charge is 0.366 e. The second-order valence-electron chi connectivity index (χ2n) is 7.27. The number of primary amides is 1. The predicted molar refractivity (Wildman–Crippen MR) is 111 cm³/mol. The predicted octanol–water partition coefficient (Wildman–Crippen LogP) is 2.39. The molecule has 1 aliphatic rings. The summed E-state index contributed by atoms with van der Waals surface area (Å²) in [6.07, 6.45) is 3.40. The van der Waals surface area contributed by atoms with Gasteiger partial charge in [0.1, 0.15) is 5.82 Å². The van der Waals surface area contributed by atoms with Crippen LogP contribution >= 0.6 is 0 Å². The quantitative estimate of drug-likeness (QED) is 0.666. The average molecular weight is 406 g/mol. The monoisotopic (exact) mass is 406 g/mol. The number of carbonyl (C=O) groups excluding carboxylic acids is 2. The summed E-state index contributed by atoms with van der Waals surface area (Å²) in [6, 6.07) is 10.3. The highest BCUT2D eigenvalue weighted by Gasteiger charge is 2.26. The van der Waals surface area contributed by atoms with Crippen molar-refractivity contribution in [2.45, 2.75) is 19.8 Å². The summed E-state index contributed by atoms with van der Waals surface area (Å²) >= 11 is 0. The molecule has 1 fully saturated rings. The molecule has 0 saturated carbocycles. The van der Waals surface area contributed by atoms with Gasteiger partial charge in [-0.2, -0.15) is 4.98 Å². The van der Waals surface area contributed by atoms with Gasteiger partial charge in [-0.05, 0) is 56.2 Å².